The largest absolute Gasteiger partial charge is 0.322 e. The van der Waals surface area contributed by atoms with Crippen LogP contribution in [-0.4, -0.2) is 23.9 Å². The zero-order valence-electron chi connectivity index (χ0n) is 14.3. The number of hydrogen-bond donors (Lipinski definition) is 2. The Kier molecular flexibility index (Phi) is 4.62. The van der Waals surface area contributed by atoms with Crippen LogP contribution in [0.4, 0.5) is 5.69 Å². The van der Waals surface area contributed by atoms with Gasteiger partial charge >= 0.3 is 0 Å². The number of sulfonamides is 1. The summed E-state index contributed by atoms with van der Waals surface area (Å²) in [5.74, 6) is -0.339. The van der Waals surface area contributed by atoms with Crippen molar-refractivity contribution in [3.8, 4) is 5.69 Å². The van der Waals surface area contributed by atoms with E-state index < -0.39 is 10.0 Å². The first-order valence-corrected chi connectivity index (χ1v) is 9.35. The van der Waals surface area contributed by atoms with Crippen LogP contribution >= 0.6 is 0 Å². The average Bonchev–Trinajstić information content (AvgIpc) is 2.94. The molecule has 0 fully saturated rings. The minimum Gasteiger partial charge on any atom is -0.322 e. The van der Waals surface area contributed by atoms with Gasteiger partial charge in [0.2, 0.25) is 10.0 Å². The molecule has 0 radical (unpaired) electrons. The number of amides is 1. The third-order valence-corrected chi connectivity index (χ3v) is 5.03. The van der Waals surface area contributed by atoms with E-state index in [-0.39, 0.29) is 10.8 Å². The number of primary sulfonamides is 1. The minimum absolute atomic E-state index is 0.0376. The summed E-state index contributed by atoms with van der Waals surface area (Å²) in [7, 11) is -3.78. The van der Waals surface area contributed by atoms with Gasteiger partial charge in [-0.1, -0.05) is 0 Å². The maximum absolute atomic E-state index is 12.3. The summed E-state index contributed by atoms with van der Waals surface area (Å²) in [5, 5.41) is 7.82. The molecule has 7 nitrogen and oxygen atoms in total. The zero-order chi connectivity index (χ0) is 18.9. The molecule has 0 bridgehead atoms. The lowest BCUT2D eigenvalue weighted by Crippen LogP contribution is -2.14. The van der Waals surface area contributed by atoms with Crippen LogP contribution in [0.25, 0.3) is 5.69 Å². The lowest BCUT2D eigenvalue weighted by molar-refractivity contribution is 0.102. The number of aryl methyl sites for hydroxylation is 1. The van der Waals surface area contributed by atoms with Gasteiger partial charge in [0.05, 0.1) is 16.9 Å². The van der Waals surface area contributed by atoms with E-state index in [1.807, 2.05) is 30.5 Å². The molecule has 1 heterocycles. The fourth-order valence-corrected chi connectivity index (χ4v) is 2.98. The number of nitrogens with zero attached hydrogens (tertiary/aromatic N) is 2. The fourth-order valence-electron chi connectivity index (χ4n) is 2.46. The van der Waals surface area contributed by atoms with Crippen LogP contribution in [0.3, 0.4) is 0 Å². The molecule has 0 saturated carbocycles. The van der Waals surface area contributed by atoms with Crippen LogP contribution in [0.1, 0.15) is 21.7 Å². The molecule has 26 heavy (non-hydrogen) atoms. The van der Waals surface area contributed by atoms with E-state index in [4.69, 9.17) is 5.14 Å². The maximum atomic E-state index is 12.3. The van der Waals surface area contributed by atoms with Crippen molar-refractivity contribution >= 4 is 21.6 Å². The molecule has 3 rings (SSSR count). The highest BCUT2D eigenvalue weighted by molar-refractivity contribution is 7.89. The summed E-state index contributed by atoms with van der Waals surface area (Å²) in [4.78, 5) is 16.5. The molecule has 8 heteroatoms. The number of hydrogen-bond acceptors (Lipinski definition) is 4. The van der Waals surface area contributed by atoms with E-state index >= 15 is 0 Å². The molecule has 1 amide bonds. The van der Waals surface area contributed by atoms with E-state index in [2.05, 4.69) is 10.3 Å². The first-order valence-electron chi connectivity index (χ1n) is 7.81. The van der Waals surface area contributed by atoms with Crippen LogP contribution in [0, 0.1) is 13.8 Å². The molecule has 3 N–H and O–H groups in total. The van der Waals surface area contributed by atoms with Crippen molar-refractivity contribution in [1.82, 2.24) is 9.55 Å². The topological polar surface area (TPSA) is 107 Å². The second-order valence-corrected chi connectivity index (χ2v) is 7.42. The first kappa shape index (κ1) is 17.8. The SMILES string of the molecule is Cc1ncn(-c2ccc(NC(=O)c3ccc(S(N)(=O)=O)cc3)cc2)c1C. The van der Waals surface area contributed by atoms with Gasteiger partial charge in [-0.15, -0.1) is 0 Å². The molecular formula is C18H18N4O3S. The van der Waals surface area contributed by atoms with Gasteiger partial charge in [-0.25, -0.2) is 18.5 Å². The standard InChI is InChI=1S/C18H18N4O3S/c1-12-13(2)22(11-20-12)16-7-5-15(6-8-16)21-18(23)14-3-9-17(10-4-14)26(19,24)25/h3-11H,1-2H3,(H,21,23)(H2,19,24,25). The molecule has 0 saturated heterocycles. The maximum Gasteiger partial charge on any atom is 0.255 e. The zero-order valence-corrected chi connectivity index (χ0v) is 15.1. The van der Waals surface area contributed by atoms with Gasteiger partial charge in [-0.2, -0.15) is 0 Å². The lowest BCUT2D eigenvalue weighted by Gasteiger charge is -2.09. The van der Waals surface area contributed by atoms with Crippen LogP contribution in [0.2, 0.25) is 0 Å². The van der Waals surface area contributed by atoms with E-state index in [9.17, 15) is 13.2 Å². The number of aromatic nitrogens is 2. The van der Waals surface area contributed by atoms with Gasteiger partial charge in [0.1, 0.15) is 0 Å². The Morgan fingerprint density at radius 3 is 2.15 bits per heavy atom. The lowest BCUT2D eigenvalue weighted by atomic mass is 10.2. The number of carbonyl (C=O) groups excluding carboxylic acids is 1. The van der Waals surface area contributed by atoms with Crippen molar-refractivity contribution in [2.75, 3.05) is 5.32 Å². The third-order valence-electron chi connectivity index (χ3n) is 4.10. The van der Waals surface area contributed by atoms with E-state index in [1.165, 1.54) is 24.3 Å². The van der Waals surface area contributed by atoms with Crippen molar-refractivity contribution in [2.45, 2.75) is 18.7 Å². The van der Waals surface area contributed by atoms with E-state index in [0.717, 1.165) is 17.1 Å². The Morgan fingerprint density at radius 2 is 1.65 bits per heavy atom. The summed E-state index contributed by atoms with van der Waals surface area (Å²) in [6, 6.07) is 12.8. The highest BCUT2D eigenvalue weighted by Gasteiger charge is 2.11. The predicted molar refractivity (Wildman–Crippen MR) is 98.8 cm³/mol. The third kappa shape index (κ3) is 3.66. The number of benzene rings is 2. The van der Waals surface area contributed by atoms with Crippen molar-refractivity contribution < 1.29 is 13.2 Å². The molecule has 134 valence electrons. The Balaban J connectivity index is 1.75. The van der Waals surface area contributed by atoms with Gasteiger partial charge in [0.15, 0.2) is 0 Å². The second kappa shape index (κ2) is 6.74. The Morgan fingerprint density at radius 1 is 1.04 bits per heavy atom. The van der Waals surface area contributed by atoms with E-state index in [1.54, 1.807) is 18.5 Å². The van der Waals surface area contributed by atoms with Crippen LogP contribution in [0.15, 0.2) is 59.8 Å². The smallest absolute Gasteiger partial charge is 0.255 e. The predicted octanol–water partition coefficient (Wildman–Crippen LogP) is 2.39. The molecule has 0 spiro atoms. The quantitative estimate of drug-likeness (QED) is 0.735. The molecule has 1 aromatic heterocycles. The molecule has 0 unspecified atom stereocenters. The minimum atomic E-state index is -3.78. The number of rotatable bonds is 4. The number of anilines is 1. The van der Waals surface area contributed by atoms with Gasteiger partial charge in [-0.3, -0.25) is 4.79 Å². The fraction of sp³-hybridized carbons (Fsp3) is 0.111. The monoisotopic (exact) mass is 370 g/mol. The summed E-state index contributed by atoms with van der Waals surface area (Å²) in [6.07, 6.45) is 1.76. The molecule has 0 aliphatic rings. The van der Waals surface area contributed by atoms with Crippen LogP contribution < -0.4 is 10.5 Å². The van der Waals surface area contributed by atoms with Gasteiger partial charge < -0.3 is 9.88 Å². The van der Waals surface area contributed by atoms with E-state index in [0.29, 0.717) is 11.3 Å². The molecule has 0 aliphatic heterocycles. The van der Waals surface area contributed by atoms with Gasteiger partial charge in [-0.05, 0) is 62.4 Å². The molecule has 3 aromatic rings. The number of imidazole rings is 1. The number of carbonyl (C=O) groups is 1. The van der Waals surface area contributed by atoms with Crippen LogP contribution in [-0.2, 0) is 10.0 Å². The summed E-state index contributed by atoms with van der Waals surface area (Å²) >= 11 is 0. The van der Waals surface area contributed by atoms with Crippen molar-refractivity contribution in [3.63, 3.8) is 0 Å². The Labute approximate surface area is 151 Å². The van der Waals surface area contributed by atoms with Crippen molar-refractivity contribution in [2.24, 2.45) is 5.14 Å². The molecule has 0 aliphatic carbocycles. The molecule has 0 atom stereocenters. The van der Waals surface area contributed by atoms with Crippen molar-refractivity contribution in [3.05, 3.63) is 71.8 Å². The summed E-state index contributed by atoms with van der Waals surface area (Å²) in [5.41, 5.74) is 3.92. The Hall–Kier alpha value is -2.97. The van der Waals surface area contributed by atoms with Gasteiger partial charge in [0.25, 0.3) is 5.91 Å². The first-order chi connectivity index (χ1) is 12.3. The average molecular weight is 370 g/mol. The van der Waals surface area contributed by atoms with Gasteiger partial charge in [0, 0.05) is 22.6 Å². The normalized spacial score (nSPS) is 11.3. The second-order valence-electron chi connectivity index (χ2n) is 5.86. The molecular weight excluding hydrogens is 352 g/mol. The number of nitrogens with one attached hydrogen (secondary N) is 1. The highest BCUT2D eigenvalue weighted by atomic mass is 32.2. The summed E-state index contributed by atoms with van der Waals surface area (Å²) < 4.78 is 24.5. The summed E-state index contributed by atoms with van der Waals surface area (Å²) in [6.45, 7) is 3.94. The molecule has 2 aromatic carbocycles. The highest BCUT2D eigenvalue weighted by Crippen LogP contribution is 2.17. The van der Waals surface area contributed by atoms with Crippen molar-refractivity contribution in [1.29, 1.82) is 0 Å². The van der Waals surface area contributed by atoms with Crippen LogP contribution in [0.5, 0.6) is 0 Å². The Bertz CT molecular complexity index is 1050. The number of nitrogens with two attached hydrogens (primary N) is 1.